The molecule has 0 saturated heterocycles. The van der Waals surface area contributed by atoms with Crippen molar-refractivity contribution in [3.05, 3.63) is 6.42 Å². The summed E-state index contributed by atoms with van der Waals surface area (Å²) >= 11 is 0. The van der Waals surface area contributed by atoms with Crippen LogP contribution in [0.1, 0.15) is 45.4 Å². The standard InChI is InChI=1S/C10H19O/c1-2-11-10-8-6-4-3-5-7-9-10/h3,10H,2,4-9H2,1H3. The lowest BCUT2D eigenvalue weighted by Gasteiger charge is -2.18. The minimum Gasteiger partial charge on any atom is -0.379 e. The van der Waals surface area contributed by atoms with Gasteiger partial charge in [0.15, 0.2) is 0 Å². The van der Waals surface area contributed by atoms with E-state index in [0.717, 1.165) is 6.61 Å². The molecule has 0 heterocycles. The molecule has 0 unspecified atom stereocenters. The Morgan fingerprint density at radius 3 is 2.45 bits per heavy atom. The monoisotopic (exact) mass is 155 g/mol. The average molecular weight is 155 g/mol. The minimum atomic E-state index is 0.564. The highest BCUT2D eigenvalue weighted by molar-refractivity contribution is 4.71. The lowest BCUT2D eigenvalue weighted by atomic mass is 9.99. The lowest BCUT2D eigenvalue weighted by molar-refractivity contribution is 0.0461. The van der Waals surface area contributed by atoms with E-state index in [1.165, 1.54) is 38.5 Å². The summed E-state index contributed by atoms with van der Waals surface area (Å²) in [6.07, 6.45) is 10.8. The molecule has 0 spiro atoms. The predicted octanol–water partition coefficient (Wildman–Crippen LogP) is 2.95. The van der Waals surface area contributed by atoms with Crippen molar-refractivity contribution in [1.29, 1.82) is 0 Å². The van der Waals surface area contributed by atoms with Crippen LogP contribution in [0.3, 0.4) is 0 Å². The Kier molecular flexibility index (Phi) is 4.60. The van der Waals surface area contributed by atoms with Crippen LogP contribution in [0.4, 0.5) is 0 Å². The van der Waals surface area contributed by atoms with E-state index in [-0.39, 0.29) is 0 Å². The Bertz CT molecular complexity index is 82.9. The highest BCUT2D eigenvalue weighted by Gasteiger charge is 2.09. The Balaban J connectivity index is 2.15. The minimum absolute atomic E-state index is 0.564. The Morgan fingerprint density at radius 1 is 1.27 bits per heavy atom. The Hall–Kier alpha value is -0.0400. The van der Waals surface area contributed by atoms with E-state index in [4.69, 9.17) is 4.74 Å². The second-order valence-electron chi connectivity index (χ2n) is 3.23. The zero-order valence-corrected chi connectivity index (χ0v) is 7.51. The summed E-state index contributed by atoms with van der Waals surface area (Å²) in [6.45, 7) is 2.97. The first-order chi connectivity index (χ1) is 5.43. The first-order valence-electron chi connectivity index (χ1n) is 4.86. The van der Waals surface area contributed by atoms with Gasteiger partial charge in [0.05, 0.1) is 6.10 Å². The fourth-order valence-electron chi connectivity index (χ4n) is 1.67. The summed E-state index contributed by atoms with van der Waals surface area (Å²) in [6, 6.07) is 0. The molecular weight excluding hydrogens is 136 g/mol. The van der Waals surface area contributed by atoms with Crippen molar-refractivity contribution in [3.63, 3.8) is 0 Å². The van der Waals surface area contributed by atoms with E-state index in [1.54, 1.807) is 0 Å². The summed E-state index contributed by atoms with van der Waals surface area (Å²) in [5.74, 6) is 0. The second-order valence-corrected chi connectivity index (χ2v) is 3.23. The van der Waals surface area contributed by atoms with Gasteiger partial charge in [0.1, 0.15) is 0 Å². The molecule has 1 aliphatic carbocycles. The van der Waals surface area contributed by atoms with Gasteiger partial charge in [0, 0.05) is 6.61 Å². The summed E-state index contributed by atoms with van der Waals surface area (Å²) in [4.78, 5) is 0. The lowest BCUT2D eigenvalue weighted by Crippen LogP contribution is -2.14. The van der Waals surface area contributed by atoms with Crippen molar-refractivity contribution < 1.29 is 4.74 Å². The molecule has 1 rings (SSSR count). The molecule has 1 saturated carbocycles. The van der Waals surface area contributed by atoms with Gasteiger partial charge in [-0.15, -0.1) is 0 Å². The first kappa shape index (κ1) is 9.05. The summed E-state index contributed by atoms with van der Waals surface area (Å²) in [7, 11) is 0. The number of ether oxygens (including phenoxy) is 1. The average Bonchev–Trinajstić information content (AvgIpc) is 1.94. The third-order valence-corrected chi connectivity index (χ3v) is 2.27. The zero-order valence-electron chi connectivity index (χ0n) is 7.51. The third kappa shape index (κ3) is 3.76. The molecule has 0 amide bonds. The normalized spacial score (nSPS) is 22.6. The summed E-state index contributed by atoms with van der Waals surface area (Å²) in [5, 5.41) is 0. The Labute approximate surface area is 70.1 Å². The van der Waals surface area contributed by atoms with E-state index >= 15 is 0 Å². The van der Waals surface area contributed by atoms with Crippen molar-refractivity contribution in [3.8, 4) is 0 Å². The van der Waals surface area contributed by atoms with E-state index in [0.29, 0.717) is 6.10 Å². The van der Waals surface area contributed by atoms with Crippen LogP contribution in [0, 0.1) is 6.42 Å². The molecule has 1 nitrogen and oxygen atoms in total. The molecule has 0 aromatic carbocycles. The largest absolute Gasteiger partial charge is 0.379 e. The summed E-state index contributed by atoms with van der Waals surface area (Å²) in [5.41, 5.74) is 0. The highest BCUT2D eigenvalue weighted by atomic mass is 16.5. The van der Waals surface area contributed by atoms with Gasteiger partial charge in [-0.05, 0) is 26.2 Å². The summed E-state index contributed by atoms with van der Waals surface area (Å²) < 4.78 is 5.60. The van der Waals surface area contributed by atoms with Gasteiger partial charge in [-0.3, -0.25) is 0 Å². The molecule has 1 fully saturated rings. The van der Waals surface area contributed by atoms with Crippen LogP contribution < -0.4 is 0 Å². The van der Waals surface area contributed by atoms with Crippen LogP contribution in [-0.2, 0) is 4.74 Å². The van der Waals surface area contributed by atoms with Crippen LogP contribution in [0.5, 0.6) is 0 Å². The third-order valence-electron chi connectivity index (χ3n) is 2.27. The van der Waals surface area contributed by atoms with Crippen molar-refractivity contribution in [1.82, 2.24) is 0 Å². The van der Waals surface area contributed by atoms with Crippen LogP contribution in [0.15, 0.2) is 0 Å². The molecule has 65 valence electrons. The van der Waals surface area contributed by atoms with Crippen molar-refractivity contribution in [2.75, 3.05) is 6.61 Å². The second kappa shape index (κ2) is 5.59. The molecule has 1 aliphatic rings. The van der Waals surface area contributed by atoms with Crippen LogP contribution in [0.2, 0.25) is 0 Å². The number of rotatable bonds is 2. The molecule has 11 heavy (non-hydrogen) atoms. The highest BCUT2D eigenvalue weighted by Crippen LogP contribution is 2.18. The maximum atomic E-state index is 5.60. The maximum absolute atomic E-state index is 5.60. The van der Waals surface area contributed by atoms with Gasteiger partial charge in [0.25, 0.3) is 0 Å². The van der Waals surface area contributed by atoms with Crippen LogP contribution in [-0.4, -0.2) is 12.7 Å². The van der Waals surface area contributed by atoms with E-state index < -0.39 is 0 Å². The van der Waals surface area contributed by atoms with E-state index in [9.17, 15) is 0 Å². The molecule has 0 aliphatic heterocycles. The van der Waals surface area contributed by atoms with Crippen LogP contribution in [0.25, 0.3) is 0 Å². The fourth-order valence-corrected chi connectivity index (χ4v) is 1.67. The van der Waals surface area contributed by atoms with Crippen LogP contribution >= 0.6 is 0 Å². The molecule has 0 bridgehead atoms. The molecule has 0 N–H and O–H groups in total. The van der Waals surface area contributed by atoms with Crippen molar-refractivity contribution in [2.45, 2.75) is 51.6 Å². The Morgan fingerprint density at radius 2 is 1.91 bits per heavy atom. The van der Waals surface area contributed by atoms with Gasteiger partial charge >= 0.3 is 0 Å². The first-order valence-corrected chi connectivity index (χ1v) is 4.86. The topological polar surface area (TPSA) is 9.23 Å². The van der Waals surface area contributed by atoms with Gasteiger partial charge in [-0.25, -0.2) is 0 Å². The van der Waals surface area contributed by atoms with Crippen molar-refractivity contribution in [2.24, 2.45) is 0 Å². The smallest absolute Gasteiger partial charge is 0.0575 e. The fraction of sp³-hybridized carbons (Fsp3) is 0.900. The molecular formula is C10H19O. The SMILES string of the molecule is CCOC1CCC[CH]CCC1. The number of hydrogen-bond acceptors (Lipinski definition) is 1. The van der Waals surface area contributed by atoms with Gasteiger partial charge < -0.3 is 4.74 Å². The van der Waals surface area contributed by atoms with E-state index in [1.807, 2.05) is 0 Å². The predicted molar refractivity (Wildman–Crippen MR) is 47.4 cm³/mol. The van der Waals surface area contributed by atoms with Crippen molar-refractivity contribution >= 4 is 0 Å². The quantitative estimate of drug-likeness (QED) is 0.595. The van der Waals surface area contributed by atoms with E-state index in [2.05, 4.69) is 13.3 Å². The maximum Gasteiger partial charge on any atom is 0.0575 e. The molecule has 0 aromatic rings. The van der Waals surface area contributed by atoms with Gasteiger partial charge in [-0.1, -0.05) is 25.7 Å². The van der Waals surface area contributed by atoms with Gasteiger partial charge in [-0.2, -0.15) is 0 Å². The van der Waals surface area contributed by atoms with Gasteiger partial charge in [0.2, 0.25) is 0 Å². The zero-order chi connectivity index (χ0) is 7.94. The number of hydrogen-bond donors (Lipinski definition) is 0. The molecule has 0 aromatic heterocycles. The molecule has 1 heteroatoms. The molecule has 1 radical (unpaired) electrons. The molecule has 0 atom stereocenters.